The zero-order valence-corrected chi connectivity index (χ0v) is 8.60. The number of nitrogens with two attached hydrogens (primary N) is 1. The van der Waals surface area contributed by atoms with E-state index in [2.05, 4.69) is 0 Å². The molecular weight excluding hydrogens is 178 g/mol. The first-order valence-corrected chi connectivity index (χ1v) is 4.81. The summed E-state index contributed by atoms with van der Waals surface area (Å²) < 4.78 is 5.30. The Balaban J connectivity index is 2.72. The molecule has 0 saturated carbocycles. The van der Waals surface area contributed by atoms with Crippen molar-refractivity contribution in [3.8, 4) is 5.75 Å². The fraction of sp³-hybridized carbons (Fsp3) is 0.455. The van der Waals surface area contributed by atoms with Gasteiger partial charge in [-0.05, 0) is 31.5 Å². The van der Waals surface area contributed by atoms with Crippen LogP contribution in [0.25, 0.3) is 0 Å². The first kappa shape index (κ1) is 11.0. The molecule has 0 saturated heterocycles. The number of aliphatic hydroxyl groups excluding tert-OH is 1. The van der Waals surface area contributed by atoms with E-state index in [1.165, 1.54) is 0 Å². The van der Waals surface area contributed by atoms with E-state index in [-0.39, 0.29) is 6.04 Å². The maximum atomic E-state index is 9.29. The van der Waals surface area contributed by atoms with Crippen LogP contribution in [0.1, 0.15) is 25.5 Å². The first-order valence-electron chi connectivity index (χ1n) is 4.81. The number of ether oxygens (including phenoxy) is 1. The van der Waals surface area contributed by atoms with E-state index in [0.717, 1.165) is 11.3 Å². The molecule has 0 aliphatic carbocycles. The lowest BCUT2D eigenvalue weighted by Gasteiger charge is -2.15. The molecule has 2 atom stereocenters. The van der Waals surface area contributed by atoms with Crippen molar-refractivity contribution in [2.75, 3.05) is 6.61 Å². The van der Waals surface area contributed by atoms with Crippen molar-refractivity contribution in [1.82, 2.24) is 0 Å². The Bertz CT molecular complexity index is 269. The van der Waals surface area contributed by atoms with Gasteiger partial charge in [-0.25, -0.2) is 0 Å². The molecule has 0 heterocycles. The van der Waals surface area contributed by atoms with Crippen molar-refractivity contribution in [2.45, 2.75) is 26.0 Å². The molecule has 0 unspecified atom stereocenters. The summed E-state index contributed by atoms with van der Waals surface area (Å²) in [7, 11) is 0. The zero-order chi connectivity index (χ0) is 10.6. The topological polar surface area (TPSA) is 55.5 Å². The SMILES string of the molecule is CCOc1ccc([C@H](N)[C@@H](C)O)cc1. The van der Waals surface area contributed by atoms with Crippen molar-refractivity contribution >= 4 is 0 Å². The summed E-state index contributed by atoms with van der Waals surface area (Å²) in [5.74, 6) is 0.828. The standard InChI is InChI=1S/C11H17NO2/c1-3-14-10-6-4-9(5-7-10)11(12)8(2)13/h4-8,11,13H,3,12H2,1-2H3/t8-,11-/m1/s1. The molecule has 0 aromatic heterocycles. The Labute approximate surface area is 84.5 Å². The van der Waals surface area contributed by atoms with Gasteiger partial charge >= 0.3 is 0 Å². The van der Waals surface area contributed by atoms with E-state index in [4.69, 9.17) is 10.5 Å². The van der Waals surface area contributed by atoms with E-state index in [1.54, 1.807) is 6.92 Å². The number of benzene rings is 1. The minimum atomic E-state index is -0.534. The third-order valence-corrected chi connectivity index (χ3v) is 2.10. The highest BCUT2D eigenvalue weighted by Crippen LogP contribution is 2.18. The van der Waals surface area contributed by atoms with Gasteiger partial charge in [-0.1, -0.05) is 12.1 Å². The highest BCUT2D eigenvalue weighted by molar-refractivity contribution is 5.29. The lowest BCUT2D eigenvalue weighted by molar-refractivity contribution is 0.164. The molecule has 0 radical (unpaired) electrons. The maximum Gasteiger partial charge on any atom is 0.119 e. The van der Waals surface area contributed by atoms with Crippen molar-refractivity contribution in [2.24, 2.45) is 5.73 Å². The summed E-state index contributed by atoms with van der Waals surface area (Å²) >= 11 is 0. The smallest absolute Gasteiger partial charge is 0.119 e. The number of aliphatic hydroxyl groups is 1. The van der Waals surface area contributed by atoms with Crippen molar-refractivity contribution in [1.29, 1.82) is 0 Å². The predicted octanol–water partition coefficient (Wildman–Crippen LogP) is 1.47. The van der Waals surface area contributed by atoms with Gasteiger partial charge in [0.05, 0.1) is 18.8 Å². The molecule has 3 N–H and O–H groups in total. The van der Waals surface area contributed by atoms with Crippen molar-refractivity contribution < 1.29 is 9.84 Å². The largest absolute Gasteiger partial charge is 0.494 e. The lowest BCUT2D eigenvalue weighted by Crippen LogP contribution is -2.22. The van der Waals surface area contributed by atoms with Crippen molar-refractivity contribution in [3.63, 3.8) is 0 Å². The average molecular weight is 195 g/mol. The van der Waals surface area contributed by atoms with Gasteiger partial charge in [0.1, 0.15) is 5.75 Å². The van der Waals surface area contributed by atoms with Gasteiger partial charge in [0.2, 0.25) is 0 Å². The monoisotopic (exact) mass is 195 g/mol. The molecule has 1 aromatic rings. The van der Waals surface area contributed by atoms with Crippen LogP contribution in [0.2, 0.25) is 0 Å². The Hall–Kier alpha value is -1.06. The molecule has 0 bridgehead atoms. The second kappa shape index (κ2) is 4.98. The first-order chi connectivity index (χ1) is 6.65. The van der Waals surface area contributed by atoms with E-state index in [0.29, 0.717) is 6.61 Å². The van der Waals surface area contributed by atoms with Gasteiger partial charge in [-0.3, -0.25) is 0 Å². The second-order valence-electron chi connectivity index (χ2n) is 3.27. The average Bonchev–Trinajstić information content (AvgIpc) is 2.18. The summed E-state index contributed by atoms with van der Waals surface area (Å²) in [5, 5.41) is 9.29. The molecule has 0 fully saturated rings. The molecule has 78 valence electrons. The van der Waals surface area contributed by atoms with Crippen LogP contribution < -0.4 is 10.5 Å². The molecule has 0 spiro atoms. The van der Waals surface area contributed by atoms with E-state index in [1.807, 2.05) is 31.2 Å². The van der Waals surface area contributed by atoms with Gasteiger partial charge in [0, 0.05) is 0 Å². The van der Waals surface area contributed by atoms with Crippen LogP contribution in [-0.2, 0) is 0 Å². The Morgan fingerprint density at radius 1 is 1.36 bits per heavy atom. The molecule has 1 aromatic carbocycles. The van der Waals surface area contributed by atoms with Crippen LogP contribution in [0, 0.1) is 0 Å². The summed E-state index contributed by atoms with van der Waals surface area (Å²) in [6, 6.07) is 7.15. The molecular formula is C11H17NO2. The highest BCUT2D eigenvalue weighted by atomic mass is 16.5. The highest BCUT2D eigenvalue weighted by Gasteiger charge is 2.11. The molecule has 0 aliphatic rings. The molecule has 3 heteroatoms. The van der Waals surface area contributed by atoms with Gasteiger partial charge < -0.3 is 15.6 Å². The summed E-state index contributed by atoms with van der Waals surface area (Å²) in [5.41, 5.74) is 6.69. The fourth-order valence-corrected chi connectivity index (χ4v) is 1.23. The van der Waals surface area contributed by atoms with Crippen LogP contribution in [0.15, 0.2) is 24.3 Å². The fourth-order valence-electron chi connectivity index (χ4n) is 1.23. The third kappa shape index (κ3) is 2.72. The second-order valence-corrected chi connectivity index (χ2v) is 3.27. The maximum absolute atomic E-state index is 9.29. The molecule has 14 heavy (non-hydrogen) atoms. The van der Waals surface area contributed by atoms with Crippen LogP contribution in [0.5, 0.6) is 5.75 Å². The lowest BCUT2D eigenvalue weighted by atomic mass is 10.0. The number of hydrogen-bond donors (Lipinski definition) is 2. The van der Waals surface area contributed by atoms with Crippen molar-refractivity contribution in [3.05, 3.63) is 29.8 Å². The number of rotatable bonds is 4. The molecule has 1 rings (SSSR count). The third-order valence-electron chi connectivity index (χ3n) is 2.10. The van der Waals surface area contributed by atoms with E-state index >= 15 is 0 Å². The van der Waals surface area contributed by atoms with Gasteiger partial charge in [0.25, 0.3) is 0 Å². The van der Waals surface area contributed by atoms with Crippen LogP contribution in [0.3, 0.4) is 0 Å². The summed E-state index contributed by atoms with van der Waals surface area (Å²) in [6.07, 6.45) is -0.534. The van der Waals surface area contributed by atoms with E-state index < -0.39 is 6.10 Å². The summed E-state index contributed by atoms with van der Waals surface area (Å²) in [6.45, 7) is 4.28. The Kier molecular flexibility index (Phi) is 3.92. The normalized spacial score (nSPS) is 14.9. The van der Waals surface area contributed by atoms with Crippen LogP contribution >= 0.6 is 0 Å². The minimum Gasteiger partial charge on any atom is -0.494 e. The van der Waals surface area contributed by atoms with Gasteiger partial charge in [-0.15, -0.1) is 0 Å². The molecule has 3 nitrogen and oxygen atoms in total. The molecule has 0 amide bonds. The van der Waals surface area contributed by atoms with E-state index in [9.17, 15) is 5.11 Å². The summed E-state index contributed by atoms with van der Waals surface area (Å²) in [4.78, 5) is 0. The minimum absolute atomic E-state index is 0.328. The Morgan fingerprint density at radius 2 is 1.93 bits per heavy atom. The molecule has 0 aliphatic heterocycles. The van der Waals surface area contributed by atoms with Crippen LogP contribution in [0.4, 0.5) is 0 Å². The predicted molar refractivity (Wildman–Crippen MR) is 56.2 cm³/mol. The Morgan fingerprint density at radius 3 is 2.36 bits per heavy atom. The number of hydrogen-bond acceptors (Lipinski definition) is 3. The quantitative estimate of drug-likeness (QED) is 0.764. The van der Waals surface area contributed by atoms with Gasteiger partial charge in [-0.2, -0.15) is 0 Å². The zero-order valence-electron chi connectivity index (χ0n) is 8.60. The van der Waals surface area contributed by atoms with Gasteiger partial charge in [0.15, 0.2) is 0 Å². The van der Waals surface area contributed by atoms with Crippen LogP contribution in [-0.4, -0.2) is 17.8 Å².